The molecule has 0 aromatic carbocycles. The summed E-state index contributed by atoms with van der Waals surface area (Å²) in [5.41, 5.74) is 0. The van der Waals surface area contributed by atoms with Gasteiger partial charge in [-0.05, 0) is 39.0 Å². The van der Waals surface area contributed by atoms with Gasteiger partial charge in [0.1, 0.15) is 6.61 Å². The molecule has 0 aromatic heterocycles. The summed E-state index contributed by atoms with van der Waals surface area (Å²) in [4.78, 5) is 11.0. The molecule has 1 unspecified atom stereocenters. The molecule has 5 nitrogen and oxygen atoms in total. The highest BCUT2D eigenvalue weighted by atomic mass is 16.7. The molecule has 0 spiro atoms. The average molecular weight is 302 g/mol. The maximum Gasteiger partial charge on any atom is 0.332 e. The fourth-order valence-corrected chi connectivity index (χ4v) is 2.25. The standard InChI is InChI=1S/C16H30O5/c1-2-19-15(17)14-18-11-7-4-3-5-8-12-20-16-10-6-9-13-21-16/h16H,2-14H2,1H3. The molecule has 0 amide bonds. The third-order valence-corrected chi connectivity index (χ3v) is 3.40. The van der Waals surface area contributed by atoms with Crippen LogP contribution in [0.2, 0.25) is 0 Å². The Morgan fingerprint density at radius 3 is 2.57 bits per heavy atom. The Hall–Kier alpha value is -0.650. The lowest BCUT2D eigenvalue weighted by atomic mass is 10.1. The lowest BCUT2D eigenvalue weighted by molar-refractivity contribution is -0.162. The SMILES string of the molecule is CCOC(=O)COCCCCCCCOC1CCCCO1. The molecule has 1 atom stereocenters. The third kappa shape index (κ3) is 10.7. The van der Waals surface area contributed by atoms with Crippen molar-refractivity contribution in [2.45, 2.75) is 64.6 Å². The molecule has 0 N–H and O–H groups in total. The molecule has 1 fully saturated rings. The molecule has 0 aliphatic carbocycles. The predicted octanol–water partition coefficient (Wildman–Crippen LogP) is 3.06. The Kier molecular flexibility index (Phi) is 11.4. The molecule has 0 radical (unpaired) electrons. The summed E-state index contributed by atoms with van der Waals surface area (Å²) in [7, 11) is 0. The van der Waals surface area contributed by atoms with Crippen LogP contribution in [0, 0.1) is 0 Å². The molecule has 0 aromatic rings. The van der Waals surface area contributed by atoms with E-state index in [0.717, 1.165) is 45.3 Å². The second kappa shape index (κ2) is 13.0. The van der Waals surface area contributed by atoms with Gasteiger partial charge >= 0.3 is 5.97 Å². The van der Waals surface area contributed by atoms with Gasteiger partial charge in [0.25, 0.3) is 0 Å². The molecule has 0 bridgehead atoms. The highest BCUT2D eigenvalue weighted by Gasteiger charge is 2.13. The van der Waals surface area contributed by atoms with Crippen LogP contribution in [0.25, 0.3) is 0 Å². The zero-order valence-corrected chi connectivity index (χ0v) is 13.3. The van der Waals surface area contributed by atoms with E-state index in [9.17, 15) is 4.79 Å². The molecule has 5 heteroatoms. The van der Waals surface area contributed by atoms with E-state index in [1.165, 1.54) is 19.3 Å². The van der Waals surface area contributed by atoms with Crippen molar-refractivity contribution in [3.8, 4) is 0 Å². The van der Waals surface area contributed by atoms with Gasteiger partial charge in [-0.15, -0.1) is 0 Å². The van der Waals surface area contributed by atoms with Crippen LogP contribution in [0.3, 0.4) is 0 Å². The highest BCUT2D eigenvalue weighted by Crippen LogP contribution is 2.14. The molecule has 1 heterocycles. The van der Waals surface area contributed by atoms with Crippen molar-refractivity contribution < 1.29 is 23.7 Å². The second-order valence-electron chi connectivity index (χ2n) is 5.29. The van der Waals surface area contributed by atoms with Crippen molar-refractivity contribution in [3.05, 3.63) is 0 Å². The maximum absolute atomic E-state index is 11.0. The van der Waals surface area contributed by atoms with E-state index in [2.05, 4.69) is 0 Å². The Labute approximate surface area is 128 Å². The summed E-state index contributed by atoms with van der Waals surface area (Å²) in [6.07, 6.45) is 9.02. The van der Waals surface area contributed by atoms with Crippen molar-refractivity contribution in [1.82, 2.24) is 0 Å². The topological polar surface area (TPSA) is 54.0 Å². The number of esters is 1. The number of hydrogen-bond donors (Lipinski definition) is 0. The minimum atomic E-state index is -0.278. The average Bonchev–Trinajstić information content (AvgIpc) is 2.50. The molecule has 0 saturated carbocycles. The van der Waals surface area contributed by atoms with Gasteiger partial charge in [-0.3, -0.25) is 0 Å². The van der Waals surface area contributed by atoms with Crippen LogP contribution in [0.15, 0.2) is 0 Å². The van der Waals surface area contributed by atoms with Gasteiger partial charge in [0, 0.05) is 19.8 Å². The largest absolute Gasteiger partial charge is 0.464 e. The van der Waals surface area contributed by atoms with Gasteiger partial charge in [-0.2, -0.15) is 0 Å². The number of ether oxygens (including phenoxy) is 4. The van der Waals surface area contributed by atoms with Gasteiger partial charge in [-0.1, -0.05) is 19.3 Å². The molecule has 124 valence electrons. The van der Waals surface area contributed by atoms with Crippen LogP contribution in [0.1, 0.15) is 58.3 Å². The highest BCUT2D eigenvalue weighted by molar-refractivity contribution is 5.70. The van der Waals surface area contributed by atoms with Gasteiger partial charge in [0.2, 0.25) is 0 Å². The first-order chi connectivity index (χ1) is 10.3. The first-order valence-corrected chi connectivity index (χ1v) is 8.29. The van der Waals surface area contributed by atoms with E-state index in [0.29, 0.717) is 13.2 Å². The fraction of sp³-hybridized carbons (Fsp3) is 0.938. The van der Waals surface area contributed by atoms with Gasteiger partial charge < -0.3 is 18.9 Å². The van der Waals surface area contributed by atoms with Crippen molar-refractivity contribution >= 4 is 5.97 Å². The van der Waals surface area contributed by atoms with Crippen LogP contribution in [-0.2, 0) is 23.7 Å². The Morgan fingerprint density at radius 2 is 1.86 bits per heavy atom. The quantitative estimate of drug-likeness (QED) is 0.409. The van der Waals surface area contributed by atoms with E-state index in [-0.39, 0.29) is 18.9 Å². The minimum absolute atomic E-state index is 0.0371. The van der Waals surface area contributed by atoms with Crippen LogP contribution >= 0.6 is 0 Å². The first kappa shape index (κ1) is 18.4. The second-order valence-corrected chi connectivity index (χ2v) is 5.29. The van der Waals surface area contributed by atoms with Gasteiger partial charge in [-0.25, -0.2) is 4.79 Å². The molecule has 1 rings (SSSR count). The monoisotopic (exact) mass is 302 g/mol. The fourth-order valence-electron chi connectivity index (χ4n) is 2.25. The summed E-state index contributed by atoms with van der Waals surface area (Å²) < 4.78 is 21.2. The Balaban J connectivity index is 1.75. The third-order valence-electron chi connectivity index (χ3n) is 3.40. The van der Waals surface area contributed by atoms with Crippen molar-refractivity contribution in [2.75, 3.05) is 33.0 Å². The van der Waals surface area contributed by atoms with Crippen molar-refractivity contribution in [2.24, 2.45) is 0 Å². The number of carbonyl (C=O) groups is 1. The predicted molar refractivity (Wildman–Crippen MR) is 80.1 cm³/mol. The van der Waals surface area contributed by atoms with Crippen LogP contribution < -0.4 is 0 Å². The van der Waals surface area contributed by atoms with E-state index in [1.54, 1.807) is 6.92 Å². The van der Waals surface area contributed by atoms with Crippen molar-refractivity contribution in [3.63, 3.8) is 0 Å². The van der Waals surface area contributed by atoms with Gasteiger partial charge in [0.15, 0.2) is 6.29 Å². The number of carbonyl (C=O) groups excluding carboxylic acids is 1. The first-order valence-electron chi connectivity index (χ1n) is 8.29. The lowest BCUT2D eigenvalue weighted by Crippen LogP contribution is -2.22. The number of unbranched alkanes of at least 4 members (excludes halogenated alkanes) is 4. The maximum atomic E-state index is 11.0. The van der Waals surface area contributed by atoms with Crippen LogP contribution in [0.5, 0.6) is 0 Å². The molecular weight excluding hydrogens is 272 g/mol. The Morgan fingerprint density at radius 1 is 1.10 bits per heavy atom. The zero-order chi connectivity index (χ0) is 15.2. The molecule has 1 saturated heterocycles. The summed E-state index contributed by atoms with van der Waals surface area (Å²) in [6.45, 7) is 4.55. The molecule has 21 heavy (non-hydrogen) atoms. The normalized spacial score (nSPS) is 18.6. The summed E-state index contributed by atoms with van der Waals surface area (Å²) in [5, 5.41) is 0. The molecule has 1 aliphatic rings. The van der Waals surface area contributed by atoms with E-state index < -0.39 is 0 Å². The lowest BCUT2D eigenvalue weighted by Gasteiger charge is -2.22. The molecule has 1 aliphatic heterocycles. The van der Waals surface area contributed by atoms with Crippen LogP contribution in [-0.4, -0.2) is 45.3 Å². The van der Waals surface area contributed by atoms with E-state index >= 15 is 0 Å². The number of rotatable bonds is 12. The summed E-state index contributed by atoms with van der Waals surface area (Å²) >= 11 is 0. The summed E-state index contributed by atoms with van der Waals surface area (Å²) in [5.74, 6) is -0.278. The summed E-state index contributed by atoms with van der Waals surface area (Å²) in [6, 6.07) is 0. The van der Waals surface area contributed by atoms with Crippen LogP contribution in [0.4, 0.5) is 0 Å². The van der Waals surface area contributed by atoms with Gasteiger partial charge in [0.05, 0.1) is 6.61 Å². The number of hydrogen-bond acceptors (Lipinski definition) is 5. The Bertz CT molecular complexity index is 251. The molecular formula is C16H30O5. The minimum Gasteiger partial charge on any atom is -0.464 e. The van der Waals surface area contributed by atoms with Crippen molar-refractivity contribution in [1.29, 1.82) is 0 Å². The van der Waals surface area contributed by atoms with E-state index in [1.807, 2.05) is 0 Å². The zero-order valence-electron chi connectivity index (χ0n) is 13.3. The smallest absolute Gasteiger partial charge is 0.332 e. The van der Waals surface area contributed by atoms with E-state index in [4.69, 9.17) is 18.9 Å².